The van der Waals surface area contributed by atoms with Crippen molar-refractivity contribution in [3.8, 4) is 0 Å². The summed E-state index contributed by atoms with van der Waals surface area (Å²) >= 11 is 10.1. The van der Waals surface area contributed by atoms with Crippen LogP contribution in [0.25, 0.3) is 0 Å². The molecule has 0 N–H and O–H groups in total. The average Bonchev–Trinajstić information content (AvgIpc) is 2.11. The number of aryl methyl sites for hydroxylation is 1. The summed E-state index contributed by atoms with van der Waals surface area (Å²) in [6, 6.07) is 3.33. The molecule has 14 heavy (non-hydrogen) atoms. The Bertz CT molecular complexity index is 363. The van der Waals surface area contributed by atoms with Crippen LogP contribution >= 0.6 is 24.2 Å². The second-order valence-electron chi connectivity index (χ2n) is 2.84. The lowest BCUT2D eigenvalue weighted by atomic mass is 10.1. The van der Waals surface area contributed by atoms with Crippen molar-refractivity contribution in [2.24, 2.45) is 0 Å². The van der Waals surface area contributed by atoms with Gasteiger partial charge in [-0.1, -0.05) is 11.6 Å². The van der Waals surface area contributed by atoms with Crippen LogP contribution in [-0.2, 0) is 4.74 Å². The highest BCUT2D eigenvalue weighted by Crippen LogP contribution is 2.24. The number of hydrogen-bond donors (Lipinski definition) is 1. The molecule has 0 radical (unpaired) electrons. The third-order valence-corrected chi connectivity index (χ3v) is 2.58. The van der Waals surface area contributed by atoms with Gasteiger partial charge in [0.15, 0.2) is 0 Å². The second kappa shape index (κ2) is 4.71. The van der Waals surface area contributed by atoms with Crippen LogP contribution in [0.1, 0.15) is 22.8 Å². The quantitative estimate of drug-likeness (QED) is 0.624. The second-order valence-corrected chi connectivity index (χ2v) is 3.73. The van der Waals surface area contributed by atoms with Crippen molar-refractivity contribution in [2.45, 2.75) is 18.7 Å². The van der Waals surface area contributed by atoms with E-state index in [9.17, 15) is 4.79 Å². The zero-order chi connectivity index (χ0) is 10.7. The summed E-state index contributed by atoms with van der Waals surface area (Å²) in [5.74, 6) is -0.409. The monoisotopic (exact) mass is 230 g/mol. The lowest BCUT2D eigenvalue weighted by molar-refractivity contribution is 0.0526. The number of thiol groups is 1. The molecule has 0 saturated heterocycles. The first kappa shape index (κ1) is 11.4. The summed E-state index contributed by atoms with van der Waals surface area (Å²) in [6.07, 6.45) is 0. The molecule has 0 fully saturated rings. The van der Waals surface area contributed by atoms with Gasteiger partial charge >= 0.3 is 5.97 Å². The third kappa shape index (κ3) is 2.42. The number of carbonyl (C=O) groups excluding carboxylic acids is 1. The minimum absolute atomic E-state index is 0.338. The first-order valence-corrected chi connectivity index (χ1v) is 5.05. The maximum absolute atomic E-state index is 11.4. The molecule has 0 aliphatic rings. The minimum Gasteiger partial charge on any atom is -0.462 e. The van der Waals surface area contributed by atoms with Crippen LogP contribution < -0.4 is 0 Å². The number of hydrogen-bond acceptors (Lipinski definition) is 3. The van der Waals surface area contributed by atoms with Gasteiger partial charge in [-0.25, -0.2) is 4.79 Å². The van der Waals surface area contributed by atoms with Crippen molar-refractivity contribution in [1.82, 2.24) is 0 Å². The number of carbonyl (C=O) groups is 1. The van der Waals surface area contributed by atoms with E-state index in [1.54, 1.807) is 19.1 Å². The van der Waals surface area contributed by atoms with Crippen LogP contribution in [0.2, 0.25) is 5.02 Å². The van der Waals surface area contributed by atoms with Gasteiger partial charge in [-0.05, 0) is 31.5 Å². The molecule has 0 atom stereocenters. The van der Waals surface area contributed by atoms with E-state index in [1.165, 1.54) is 0 Å². The first-order valence-electron chi connectivity index (χ1n) is 4.22. The van der Waals surface area contributed by atoms with Crippen LogP contribution in [0.15, 0.2) is 17.0 Å². The van der Waals surface area contributed by atoms with E-state index < -0.39 is 5.97 Å². The molecule has 0 aromatic heterocycles. The Morgan fingerprint density at radius 2 is 2.21 bits per heavy atom. The molecule has 4 heteroatoms. The van der Waals surface area contributed by atoms with Crippen molar-refractivity contribution >= 4 is 30.2 Å². The number of ether oxygens (including phenoxy) is 1. The van der Waals surface area contributed by atoms with Crippen LogP contribution in [-0.4, -0.2) is 12.6 Å². The smallest absolute Gasteiger partial charge is 0.339 e. The lowest BCUT2D eigenvalue weighted by Gasteiger charge is -2.06. The van der Waals surface area contributed by atoms with E-state index in [-0.39, 0.29) is 0 Å². The summed E-state index contributed by atoms with van der Waals surface area (Å²) in [5.41, 5.74) is 1.30. The zero-order valence-corrected chi connectivity index (χ0v) is 9.65. The van der Waals surface area contributed by atoms with Gasteiger partial charge < -0.3 is 4.74 Å². The van der Waals surface area contributed by atoms with Crippen molar-refractivity contribution < 1.29 is 9.53 Å². The number of esters is 1. The maximum atomic E-state index is 11.4. The van der Waals surface area contributed by atoms with Crippen molar-refractivity contribution in [1.29, 1.82) is 0 Å². The average molecular weight is 231 g/mol. The Hall–Kier alpha value is -0.670. The van der Waals surface area contributed by atoms with Gasteiger partial charge in [0.1, 0.15) is 0 Å². The van der Waals surface area contributed by atoms with Crippen LogP contribution in [0.5, 0.6) is 0 Å². The molecule has 76 valence electrons. The molecule has 1 rings (SSSR count). The standard InChI is InChI=1S/C10H11ClO2S/c1-3-13-10(12)7-5-9(14)6(2)4-8(7)11/h4-5,14H,3H2,1-2H3. The van der Waals surface area contributed by atoms with E-state index in [4.69, 9.17) is 16.3 Å². The van der Waals surface area contributed by atoms with Gasteiger partial charge in [0.2, 0.25) is 0 Å². The first-order chi connectivity index (χ1) is 6.56. The number of rotatable bonds is 2. The Kier molecular flexibility index (Phi) is 3.84. The summed E-state index contributed by atoms with van der Waals surface area (Å²) < 4.78 is 4.85. The third-order valence-electron chi connectivity index (χ3n) is 1.78. The van der Waals surface area contributed by atoms with Crippen LogP contribution in [0.3, 0.4) is 0 Å². The van der Waals surface area contributed by atoms with E-state index >= 15 is 0 Å². The van der Waals surface area contributed by atoms with E-state index in [1.807, 2.05) is 6.92 Å². The summed E-state index contributed by atoms with van der Waals surface area (Å²) in [7, 11) is 0. The Labute approximate surface area is 93.6 Å². The van der Waals surface area contributed by atoms with Gasteiger partial charge in [0.05, 0.1) is 17.2 Å². The molecule has 0 aliphatic carbocycles. The molecule has 2 nitrogen and oxygen atoms in total. The molecule has 0 saturated carbocycles. The predicted molar refractivity (Wildman–Crippen MR) is 59.4 cm³/mol. The number of benzene rings is 1. The molecule has 0 bridgehead atoms. The van der Waals surface area contributed by atoms with Crippen molar-refractivity contribution in [3.05, 3.63) is 28.3 Å². The molecule has 0 unspecified atom stereocenters. The SMILES string of the molecule is CCOC(=O)c1cc(S)c(C)cc1Cl. The Morgan fingerprint density at radius 3 is 2.79 bits per heavy atom. The van der Waals surface area contributed by atoms with Gasteiger partial charge in [0.25, 0.3) is 0 Å². The highest BCUT2D eigenvalue weighted by Gasteiger charge is 2.12. The van der Waals surface area contributed by atoms with E-state index in [0.29, 0.717) is 17.2 Å². The highest BCUT2D eigenvalue weighted by molar-refractivity contribution is 7.80. The minimum atomic E-state index is -0.409. The maximum Gasteiger partial charge on any atom is 0.339 e. The molecular weight excluding hydrogens is 220 g/mol. The fraction of sp³-hybridized carbons (Fsp3) is 0.300. The summed E-state index contributed by atoms with van der Waals surface area (Å²) in [6.45, 7) is 3.97. The molecule has 0 heterocycles. The Morgan fingerprint density at radius 1 is 1.57 bits per heavy atom. The molecule has 0 aliphatic heterocycles. The molecule has 0 spiro atoms. The molecule has 1 aromatic rings. The number of halogens is 1. The fourth-order valence-corrected chi connectivity index (χ4v) is 1.52. The van der Waals surface area contributed by atoms with Gasteiger partial charge in [-0.15, -0.1) is 12.6 Å². The highest BCUT2D eigenvalue weighted by atomic mass is 35.5. The largest absolute Gasteiger partial charge is 0.462 e. The lowest BCUT2D eigenvalue weighted by Crippen LogP contribution is -2.05. The summed E-state index contributed by atoms with van der Waals surface area (Å²) in [5, 5.41) is 0.402. The van der Waals surface area contributed by atoms with Crippen LogP contribution in [0.4, 0.5) is 0 Å². The fourth-order valence-electron chi connectivity index (χ4n) is 1.03. The molecule has 0 amide bonds. The van der Waals surface area contributed by atoms with Crippen LogP contribution in [0, 0.1) is 6.92 Å². The van der Waals surface area contributed by atoms with Gasteiger partial charge in [-0.2, -0.15) is 0 Å². The predicted octanol–water partition coefficient (Wildman–Crippen LogP) is 3.11. The normalized spacial score (nSPS) is 10.0. The Balaban J connectivity index is 3.09. The van der Waals surface area contributed by atoms with Crippen molar-refractivity contribution in [2.75, 3.05) is 6.61 Å². The van der Waals surface area contributed by atoms with Gasteiger partial charge in [-0.3, -0.25) is 0 Å². The molecular formula is C10H11ClO2S. The van der Waals surface area contributed by atoms with E-state index in [2.05, 4.69) is 12.6 Å². The zero-order valence-electron chi connectivity index (χ0n) is 8.00. The molecule has 1 aromatic carbocycles. The van der Waals surface area contributed by atoms with Gasteiger partial charge in [0, 0.05) is 4.90 Å². The summed E-state index contributed by atoms with van der Waals surface area (Å²) in [4.78, 5) is 12.1. The topological polar surface area (TPSA) is 26.3 Å². The van der Waals surface area contributed by atoms with Crippen molar-refractivity contribution in [3.63, 3.8) is 0 Å². The van der Waals surface area contributed by atoms with E-state index in [0.717, 1.165) is 10.5 Å².